The SMILES string of the molecule is CCOP(=O)(Nc1cccc([C@@H](CN2CCCC2)N(C)C(=O)Cc2ccc(Cl)c(Cl)c2)c1)OCC.Cl. The van der Waals surface area contributed by atoms with Crippen molar-refractivity contribution >= 4 is 54.9 Å². The number of hydrogen-bond donors (Lipinski definition) is 1. The fourth-order valence-corrected chi connectivity index (χ4v) is 5.86. The normalized spacial score (nSPS) is 14.8. The van der Waals surface area contributed by atoms with Crippen LogP contribution in [0.1, 0.15) is 43.9 Å². The molecule has 3 rings (SSSR count). The minimum atomic E-state index is -3.48. The molecule has 0 unspecified atom stereocenters. The van der Waals surface area contributed by atoms with Gasteiger partial charge in [-0.05, 0) is 75.2 Å². The summed E-state index contributed by atoms with van der Waals surface area (Å²) in [5, 5.41) is 3.83. The second-order valence-electron chi connectivity index (χ2n) is 8.52. The van der Waals surface area contributed by atoms with Crippen molar-refractivity contribution < 1.29 is 18.4 Å². The first-order chi connectivity index (χ1) is 16.7. The van der Waals surface area contributed by atoms with Gasteiger partial charge in [-0.3, -0.25) is 18.9 Å². The molecule has 1 heterocycles. The highest BCUT2D eigenvalue weighted by Gasteiger charge is 2.28. The molecule has 0 spiro atoms. The third kappa shape index (κ3) is 8.63. The molecule has 0 saturated carbocycles. The van der Waals surface area contributed by atoms with E-state index < -0.39 is 7.75 Å². The van der Waals surface area contributed by atoms with Gasteiger partial charge in [0.15, 0.2) is 0 Å². The van der Waals surface area contributed by atoms with Crippen molar-refractivity contribution in [3.05, 3.63) is 63.6 Å². The van der Waals surface area contributed by atoms with E-state index in [1.165, 1.54) is 0 Å². The highest BCUT2D eigenvalue weighted by molar-refractivity contribution is 7.55. The Morgan fingerprint density at radius 1 is 1.08 bits per heavy atom. The minimum absolute atomic E-state index is 0. The molecule has 1 aliphatic heterocycles. The van der Waals surface area contributed by atoms with Gasteiger partial charge in [-0.1, -0.05) is 41.4 Å². The highest BCUT2D eigenvalue weighted by Crippen LogP contribution is 2.48. The first kappa shape index (κ1) is 30.9. The van der Waals surface area contributed by atoms with Crippen LogP contribution in [0.15, 0.2) is 42.5 Å². The third-order valence-corrected chi connectivity index (χ3v) is 8.43. The lowest BCUT2D eigenvalue weighted by Crippen LogP contribution is -2.39. The number of benzene rings is 2. The molecule has 1 aliphatic rings. The lowest BCUT2D eigenvalue weighted by Gasteiger charge is -2.32. The molecular formula is C25H35Cl3N3O4P. The van der Waals surface area contributed by atoms with Gasteiger partial charge in [-0.25, -0.2) is 4.57 Å². The average Bonchev–Trinajstić information content (AvgIpc) is 3.33. The molecule has 1 N–H and O–H groups in total. The van der Waals surface area contributed by atoms with Crippen LogP contribution in [0.2, 0.25) is 10.0 Å². The fraction of sp³-hybridized carbons (Fsp3) is 0.480. The van der Waals surface area contributed by atoms with Gasteiger partial charge in [0.05, 0.1) is 35.7 Å². The maximum atomic E-state index is 13.3. The fourth-order valence-electron chi connectivity index (χ4n) is 4.20. The lowest BCUT2D eigenvalue weighted by atomic mass is 10.0. The Labute approximate surface area is 230 Å². The number of rotatable bonds is 12. The van der Waals surface area contributed by atoms with Crippen LogP contribution in [0.3, 0.4) is 0 Å². The molecule has 7 nitrogen and oxygen atoms in total. The van der Waals surface area contributed by atoms with Crippen LogP contribution in [0.5, 0.6) is 0 Å². The van der Waals surface area contributed by atoms with Gasteiger partial charge in [0.2, 0.25) is 5.91 Å². The summed E-state index contributed by atoms with van der Waals surface area (Å²) < 4.78 is 23.8. The Kier molecular flexibility index (Phi) is 12.5. The summed E-state index contributed by atoms with van der Waals surface area (Å²) >= 11 is 12.2. The molecule has 11 heteroatoms. The van der Waals surface area contributed by atoms with Crippen molar-refractivity contribution in [1.82, 2.24) is 9.80 Å². The number of amides is 1. The zero-order valence-electron chi connectivity index (χ0n) is 20.9. The van der Waals surface area contributed by atoms with Gasteiger partial charge < -0.3 is 9.80 Å². The van der Waals surface area contributed by atoms with Gasteiger partial charge in [-0.15, -0.1) is 12.4 Å². The molecule has 36 heavy (non-hydrogen) atoms. The number of likely N-dealkylation sites (N-methyl/N-ethyl adjacent to an activating group) is 1. The number of carbonyl (C=O) groups is 1. The molecule has 0 aromatic heterocycles. The lowest BCUT2D eigenvalue weighted by molar-refractivity contribution is -0.131. The molecule has 1 fully saturated rings. The third-order valence-electron chi connectivity index (χ3n) is 5.97. The summed E-state index contributed by atoms with van der Waals surface area (Å²) in [6.45, 7) is 6.78. The molecule has 200 valence electrons. The van der Waals surface area contributed by atoms with E-state index >= 15 is 0 Å². The molecule has 0 radical (unpaired) electrons. The quantitative estimate of drug-likeness (QED) is 0.278. The Morgan fingerprint density at radius 2 is 1.75 bits per heavy atom. The maximum Gasteiger partial charge on any atom is 0.432 e. The van der Waals surface area contributed by atoms with E-state index in [4.69, 9.17) is 32.2 Å². The van der Waals surface area contributed by atoms with Crippen LogP contribution >= 0.6 is 43.4 Å². The number of hydrogen-bond acceptors (Lipinski definition) is 5. The Hall–Kier alpha value is -1.31. The van der Waals surface area contributed by atoms with Crippen molar-refractivity contribution in [2.45, 2.75) is 39.2 Å². The van der Waals surface area contributed by atoms with Crippen LogP contribution in [-0.2, 0) is 24.8 Å². The topological polar surface area (TPSA) is 71.1 Å². The van der Waals surface area contributed by atoms with Gasteiger partial charge in [0.1, 0.15) is 0 Å². The van der Waals surface area contributed by atoms with Crippen LogP contribution in [0.25, 0.3) is 0 Å². The zero-order chi connectivity index (χ0) is 25.4. The monoisotopic (exact) mass is 577 g/mol. The second-order valence-corrected chi connectivity index (χ2v) is 11.1. The van der Waals surface area contributed by atoms with E-state index in [0.29, 0.717) is 22.3 Å². The summed E-state index contributed by atoms with van der Waals surface area (Å²) in [4.78, 5) is 17.5. The number of nitrogens with zero attached hydrogens (tertiary/aromatic N) is 2. The molecule has 0 aliphatic carbocycles. The summed E-state index contributed by atoms with van der Waals surface area (Å²) in [5.41, 5.74) is 2.36. The predicted octanol–water partition coefficient (Wildman–Crippen LogP) is 6.85. The first-order valence-electron chi connectivity index (χ1n) is 11.9. The van der Waals surface area contributed by atoms with E-state index in [1.807, 2.05) is 37.4 Å². The summed E-state index contributed by atoms with van der Waals surface area (Å²) in [7, 11) is -1.66. The number of carbonyl (C=O) groups excluding carboxylic acids is 1. The summed E-state index contributed by atoms with van der Waals surface area (Å²) in [5.74, 6) is -0.0275. The van der Waals surface area contributed by atoms with Gasteiger partial charge in [0.25, 0.3) is 0 Å². The van der Waals surface area contributed by atoms with Crippen LogP contribution in [-0.4, -0.2) is 55.6 Å². The maximum absolute atomic E-state index is 13.3. The molecule has 2 aromatic rings. The summed E-state index contributed by atoms with van der Waals surface area (Å²) in [6, 6.07) is 12.7. The molecule has 1 atom stereocenters. The van der Waals surface area contributed by atoms with E-state index in [9.17, 15) is 9.36 Å². The number of halogens is 3. The van der Waals surface area contributed by atoms with E-state index in [1.54, 1.807) is 30.9 Å². The molecule has 2 aromatic carbocycles. The van der Waals surface area contributed by atoms with Crippen LogP contribution in [0, 0.1) is 0 Å². The van der Waals surface area contributed by atoms with Crippen molar-refractivity contribution in [1.29, 1.82) is 0 Å². The van der Waals surface area contributed by atoms with Crippen molar-refractivity contribution in [2.24, 2.45) is 0 Å². The predicted molar refractivity (Wildman–Crippen MR) is 150 cm³/mol. The number of likely N-dealkylation sites (tertiary alicyclic amines) is 1. The number of nitrogens with one attached hydrogen (secondary N) is 1. The summed E-state index contributed by atoms with van der Waals surface area (Å²) in [6.07, 6.45) is 2.52. The van der Waals surface area contributed by atoms with E-state index in [2.05, 4.69) is 9.99 Å². The average molecular weight is 579 g/mol. The van der Waals surface area contributed by atoms with E-state index in [0.717, 1.165) is 37.1 Å². The Morgan fingerprint density at radius 3 is 2.36 bits per heavy atom. The Balaban J connectivity index is 0.00000456. The smallest absolute Gasteiger partial charge is 0.337 e. The van der Waals surface area contributed by atoms with Crippen LogP contribution in [0.4, 0.5) is 5.69 Å². The van der Waals surface area contributed by atoms with Crippen molar-refractivity contribution in [3.63, 3.8) is 0 Å². The zero-order valence-corrected chi connectivity index (χ0v) is 24.1. The van der Waals surface area contributed by atoms with Crippen LogP contribution < -0.4 is 5.09 Å². The largest absolute Gasteiger partial charge is 0.432 e. The van der Waals surface area contributed by atoms with Crippen molar-refractivity contribution in [3.8, 4) is 0 Å². The molecule has 1 amide bonds. The van der Waals surface area contributed by atoms with E-state index in [-0.39, 0.29) is 44.0 Å². The molecule has 0 bridgehead atoms. The second kappa shape index (κ2) is 14.6. The van der Waals surface area contributed by atoms with Crippen molar-refractivity contribution in [2.75, 3.05) is 45.0 Å². The minimum Gasteiger partial charge on any atom is -0.337 e. The molecular weight excluding hydrogens is 544 g/mol. The van der Waals surface area contributed by atoms with Gasteiger partial charge in [0, 0.05) is 19.3 Å². The first-order valence-corrected chi connectivity index (χ1v) is 14.2. The van der Waals surface area contributed by atoms with Gasteiger partial charge in [-0.2, -0.15) is 0 Å². The Bertz CT molecular complexity index is 1040. The highest BCUT2D eigenvalue weighted by atomic mass is 35.5. The number of anilines is 1. The van der Waals surface area contributed by atoms with Gasteiger partial charge >= 0.3 is 7.75 Å². The molecule has 1 saturated heterocycles. The standard InChI is InChI=1S/C25H34Cl2N3O4P.ClH/c1-4-33-35(32,34-5-2)28-21-10-8-9-20(17-21)24(18-30-13-6-7-14-30)29(3)25(31)16-19-11-12-22(26)23(27)15-19;/h8-12,15,17,24H,4-7,13-14,16,18H2,1-3H3,(H,28,32);1H/t24-;/m1./s1.